The van der Waals surface area contributed by atoms with E-state index in [2.05, 4.69) is 0 Å². The highest BCUT2D eigenvalue weighted by atomic mass is 16.6. The van der Waals surface area contributed by atoms with Crippen LogP contribution in [0.2, 0.25) is 0 Å². The molecular weight excluding hydrogens is 200 g/mol. The third-order valence-corrected chi connectivity index (χ3v) is 2.61. The summed E-state index contributed by atoms with van der Waals surface area (Å²) in [6.45, 7) is 0.997. The molecular formula is C10H20O5. The first-order valence-corrected chi connectivity index (χ1v) is 4.97. The first-order valence-electron chi connectivity index (χ1n) is 4.97. The molecule has 0 N–H and O–H groups in total. The van der Waals surface area contributed by atoms with E-state index < -0.39 is 0 Å². The van der Waals surface area contributed by atoms with Gasteiger partial charge in [-0.3, -0.25) is 0 Å². The lowest BCUT2D eigenvalue weighted by Gasteiger charge is -2.20. The van der Waals surface area contributed by atoms with Crippen LogP contribution < -0.4 is 0 Å². The fourth-order valence-electron chi connectivity index (χ4n) is 1.97. The van der Waals surface area contributed by atoms with Gasteiger partial charge >= 0.3 is 0 Å². The van der Waals surface area contributed by atoms with Gasteiger partial charge in [-0.1, -0.05) is 0 Å². The molecule has 0 unspecified atom stereocenters. The van der Waals surface area contributed by atoms with Crippen molar-refractivity contribution in [1.82, 2.24) is 0 Å². The summed E-state index contributed by atoms with van der Waals surface area (Å²) in [7, 11) is 6.58. The van der Waals surface area contributed by atoms with Gasteiger partial charge in [-0.25, -0.2) is 0 Å². The smallest absolute Gasteiger partial charge is 0.114 e. The van der Waals surface area contributed by atoms with Crippen LogP contribution in [0.1, 0.15) is 0 Å². The molecule has 0 aromatic carbocycles. The van der Waals surface area contributed by atoms with Gasteiger partial charge in [0.05, 0.1) is 13.2 Å². The third kappa shape index (κ3) is 2.89. The average Bonchev–Trinajstić information content (AvgIpc) is 2.56. The summed E-state index contributed by atoms with van der Waals surface area (Å²) >= 11 is 0. The lowest BCUT2D eigenvalue weighted by atomic mass is 10.1. The van der Waals surface area contributed by atoms with E-state index in [-0.39, 0.29) is 24.4 Å². The van der Waals surface area contributed by atoms with Crippen LogP contribution in [0.25, 0.3) is 0 Å². The van der Waals surface area contributed by atoms with E-state index in [1.165, 1.54) is 0 Å². The molecule has 1 aliphatic rings. The molecule has 5 nitrogen and oxygen atoms in total. The zero-order chi connectivity index (χ0) is 11.3. The quantitative estimate of drug-likeness (QED) is 0.634. The predicted molar refractivity (Wildman–Crippen MR) is 54.0 cm³/mol. The zero-order valence-corrected chi connectivity index (χ0v) is 9.76. The summed E-state index contributed by atoms with van der Waals surface area (Å²) < 4.78 is 26.6. The van der Waals surface area contributed by atoms with Crippen molar-refractivity contribution in [3.05, 3.63) is 0 Å². The van der Waals surface area contributed by atoms with E-state index in [9.17, 15) is 0 Å². The van der Waals surface area contributed by atoms with Crippen LogP contribution in [0, 0.1) is 0 Å². The highest BCUT2D eigenvalue weighted by molar-refractivity contribution is 4.92. The van der Waals surface area contributed by atoms with Gasteiger partial charge in [0.2, 0.25) is 0 Å². The van der Waals surface area contributed by atoms with Gasteiger partial charge < -0.3 is 23.7 Å². The second-order valence-corrected chi connectivity index (χ2v) is 3.52. The molecule has 0 aliphatic carbocycles. The highest BCUT2D eigenvalue weighted by Crippen LogP contribution is 2.26. The Morgan fingerprint density at radius 1 is 0.800 bits per heavy atom. The maximum atomic E-state index is 5.75. The topological polar surface area (TPSA) is 46.2 Å². The van der Waals surface area contributed by atoms with Gasteiger partial charge in [0, 0.05) is 28.4 Å². The first-order chi connectivity index (χ1) is 7.28. The fraction of sp³-hybridized carbons (Fsp3) is 1.00. The Morgan fingerprint density at radius 2 is 1.20 bits per heavy atom. The molecule has 1 saturated heterocycles. The van der Waals surface area contributed by atoms with Crippen LogP contribution in [-0.2, 0) is 23.7 Å². The molecule has 1 heterocycles. The normalized spacial score (nSPS) is 36.0. The van der Waals surface area contributed by atoms with Crippen LogP contribution in [-0.4, -0.2) is 66.1 Å². The molecule has 0 spiro atoms. The predicted octanol–water partition coefficient (Wildman–Crippen LogP) is 0.0766. The van der Waals surface area contributed by atoms with E-state index in [1.807, 2.05) is 0 Å². The number of rotatable bonds is 6. The molecule has 1 fully saturated rings. The van der Waals surface area contributed by atoms with Crippen molar-refractivity contribution in [2.45, 2.75) is 24.4 Å². The summed E-state index contributed by atoms with van der Waals surface area (Å²) in [6, 6.07) is 0. The molecule has 0 saturated carbocycles. The number of hydrogen-bond acceptors (Lipinski definition) is 5. The minimum atomic E-state index is -0.102. The van der Waals surface area contributed by atoms with Gasteiger partial charge in [-0.2, -0.15) is 0 Å². The van der Waals surface area contributed by atoms with Crippen molar-refractivity contribution < 1.29 is 23.7 Å². The Morgan fingerprint density at radius 3 is 1.47 bits per heavy atom. The zero-order valence-electron chi connectivity index (χ0n) is 9.76. The Balaban J connectivity index is 2.62. The van der Waals surface area contributed by atoms with E-state index in [4.69, 9.17) is 23.7 Å². The van der Waals surface area contributed by atoms with Crippen molar-refractivity contribution >= 4 is 0 Å². The van der Waals surface area contributed by atoms with Crippen LogP contribution in [0.3, 0.4) is 0 Å². The molecule has 0 amide bonds. The SMILES string of the molecule is COC[C@@H]1O[C@@H](COC)[C@@H](OC)[C@@H]1OC. The van der Waals surface area contributed by atoms with Crippen LogP contribution in [0.15, 0.2) is 0 Å². The molecule has 0 radical (unpaired) electrons. The van der Waals surface area contributed by atoms with Crippen LogP contribution in [0.4, 0.5) is 0 Å². The maximum Gasteiger partial charge on any atom is 0.114 e. The van der Waals surface area contributed by atoms with E-state index in [0.717, 1.165) is 0 Å². The van der Waals surface area contributed by atoms with E-state index >= 15 is 0 Å². The van der Waals surface area contributed by atoms with Gasteiger partial charge in [0.1, 0.15) is 24.4 Å². The first kappa shape index (κ1) is 12.9. The molecule has 0 aromatic rings. The molecule has 0 bridgehead atoms. The van der Waals surface area contributed by atoms with Crippen molar-refractivity contribution in [2.75, 3.05) is 41.7 Å². The second-order valence-electron chi connectivity index (χ2n) is 3.52. The molecule has 1 rings (SSSR count). The lowest BCUT2D eigenvalue weighted by Crippen LogP contribution is -2.38. The van der Waals surface area contributed by atoms with Crippen LogP contribution in [0.5, 0.6) is 0 Å². The number of ether oxygens (including phenoxy) is 5. The molecule has 5 heteroatoms. The summed E-state index contributed by atoms with van der Waals surface area (Å²) in [6.07, 6.45) is -0.389. The monoisotopic (exact) mass is 220 g/mol. The number of methoxy groups -OCH3 is 4. The molecule has 4 atom stereocenters. The molecule has 15 heavy (non-hydrogen) atoms. The standard InChI is InChI=1S/C10H20O5/c1-11-5-7-9(13-3)10(14-4)8(15-7)6-12-2/h7-10H,5-6H2,1-4H3/t7-,8-,9+,10+/m0/s1. The number of hydrogen-bond donors (Lipinski definition) is 0. The molecule has 1 aliphatic heterocycles. The van der Waals surface area contributed by atoms with Crippen molar-refractivity contribution in [1.29, 1.82) is 0 Å². The van der Waals surface area contributed by atoms with Crippen molar-refractivity contribution in [3.8, 4) is 0 Å². The summed E-state index contributed by atoms with van der Waals surface area (Å²) in [4.78, 5) is 0. The van der Waals surface area contributed by atoms with E-state index in [0.29, 0.717) is 13.2 Å². The summed E-state index contributed by atoms with van der Waals surface area (Å²) in [5, 5.41) is 0. The largest absolute Gasteiger partial charge is 0.382 e. The maximum absolute atomic E-state index is 5.75. The minimum absolute atomic E-state index is 0.0925. The van der Waals surface area contributed by atoms with Gasteiger partial charge in [0.15, 0.2) is 0 Å². The minimum Gasteiger partial charge on any atom is -0.382 e. The molecule has 0 aromatic heterocycles. The third-order valence-electron chi connectivity index (χ3n) is 2.61. The van der Waals surface area contributed by atoms with E-state index in [1.54, 1.807) is 28.4 Å². The fourth-order valence-corrected chi connectivity index (χ4v) is 1.97. The Kier molecular flexibility index (Phi) is 5.49. The Labute approximate surface area is 90.6 Å². The molecule has 90 valence electrons. The Hall–Kier alpha value is -0.200. The summed E-state index contributed by atoms with van der Waals surface area (Å²) in [5.74, 6) is 0. The van der Waals surface area contributed by atoms with Gasteiger partial charge in [-0.05, 0) is 0 Å². The van der Waals surface area contributed by atoms with Gasteiger partial charge in [-0.15, -0.1) is 0 Å². The highest BCUT2D eigenvalue weighted by Gasteiger charge is 2.45. The lowest BCUT2D eigenvalue weighted by molar-refractivity contribution is -0.0588. The van der Waals surface area contributed by atoms with Crippen LogP contribution >= 0.6 is 0 Å². The Bertz CT molecular complexity index is 157. The second kappa shape index (κ2) is 6.40. The van der Waals surface area contributed by atoms with Gasteiger partial charge in [0.25, 0.3) is 0 Å². The van der Waals surface area contributed by atoms with Crippen molar-refractivity contribution in [2.24, 2.45) is 0 Å². The average molecular weight is 220 g/mol. The summed E-state index contributed by atoms with van der Waals surface area (Å²) in [5.41, 5.74) is 0. The van der Waals surface area contributed by atoms with Crippen molar-refractivity contribution in [3.63, 3.8) is 0 Å².